The zero-order valence-electron chi connectivity index (χ0n) is 37.6. The third-order valence-corrected chi connectivity index (χ3v) is 8.16. The molecule has 0 saturated carbocycles. The van der Waals surface area contributed by atoms with Gasteiger partial charge in [-0.2, -0.15) is 10.5 Å². The van der Waals surface area contributed by atoms with E-state index in [1.54, 1.807) is 39.8 Å². The summed E-state index contributed by atoms with van der Waals surface area (Å²) >= 11 is 0. The van der Waals surface area contributed by atoms with Gasteiger partial charge >= 0.3 is 0 Å². The molecule has 2 aromatic heterocycles. The molecule has 2 heterocycles. The number of rotatable bonds is 10. The molecule has 14 nitrogen and oxygen atoms in total. The lowest BCUT2D eigenvalue weighted by molar-refractivity contribution is -0.118. The van der Waals surface area contributed by atoms with Gasteiger partial charge in [-0.3, -0.25) is 28.8 Å². The molecule has 16 heteroatoms. The largest absolute Gasteiger partial charge is 0.347 e. The highest BCUT2D eigenvalue weighted by Gasteiger charge is 2.30. The van der Waals surface area contributed by atoms with Crippen LogP contribution in [-0.4, -0.2) is 56.4 Å². The Morgan fingerprint density at radius 2 is 1.07 bits per heavy atom. The van der Waals surface area contributed by atoms with Crippen LogP contribution in [-0.2, 0) is 23.6 Å². The summed E-state index contributed by atoms with van der Waals surface area (Å²) in [6, 6.07) is 9.25. The molecule has 0 radical (unpaired) electrons. The molecule has 4 rings (SSSR count). The van der Waals surface area contributed by atoms with Gasteiger partial charge in [0, 0.05) is 57.1 Å². The summed E-state index contributed by atoms with van der Waals surface area (Å²) in [6.07, 6.45) is 0. The molecule has 0 fully saturated rings. The molecular formula is C40H42F2N8O6. The lowest BCUT2D eigenvalue weighted by Gasteiger charge is -2.09. The van der Waals surface area contributed by atoms with Gasteiger partial charge in [0.25, 0.3) is 35.2 Å². The van der Waals surface area contributed by atoms with Crippen molar-refractivity contribution in [1.82, 2.24) is 19.8 Å². The molecule has 0 aliphatic rings. The summed E-state index contributed by atoms with van der Waals surface area (Å²) in [4.78, 5) is 75.8. The fraction of sp³-hybridized carbons (Fsp3) is 0.300. The fourth-order valence-electron chi connectivity index (χ4n) is 5.42. The highest BCUT2D eigenvalue weighted by Crippen LogP contribution is 2.25. The lowest BCUT2D eigenvalue weighted by atomic mass is 10.1. The third kappa shape index (κ3) is 9.40. The van der Waals surface area contributed by atoms with Crippen molar-refractivity contribution in [3.63, 3.8) is 0 Å². The number of amides is 4. The van der Waals surface area contributed by atoms with Crippen LogP contribution < -0.4 is 21.3 Å². The lowest BCUT2D eigenvalue weighted by Crippen LogP contribution is -2.37. The first-order valence-corrected chi connectivity index (χ1v) is 16.7. The number of carbonyl (C=O) groups excluding carboxylic acids is 6. The molecule has 0 bridgehead atoms. The number of carbonyl (C=O) groups is 6. The summed E-state index contributed by atoms with van der Waals surface area (Å²) < 4.78 is 75.9. The molecule has 292 valence electrons. The van der Waals surface area contributed by atoms with Gasteiger partial charge in [-0.15, -0.1) is 0 Å². The van der Waals surface area contributed by atoms with Crippen LogP contribution in [0.3, 0.4) is 0 Å². The van der Waals surface area contributed by atoms with Crippen molar-refractivity contribution < 1.29 is 45.8 Å². The van der Waals surface area contributed by atoms with E-state index in [0.717, 1.165) is 24.3 Å². The first-order chi connectivity index (χ1) is 28.6. The van der Waals surface area contributed by atoms with Gasteiger partial charge in [-0.1, -0.05) is 0 Å². The number of aromatic nitrogens is 2. The number of nitrogens with zero attached hydrogens (tertiary/aromatic N) is 4. The van der Waals surface area contributed by atoms with E-state index in [-0.39, 0.29) is 62.7 Å². The fourth-order valence-corrected chi connectivity index (χ4v) is 5.42. The Morgan fingerprint density at radius 3 is 1.45 bits per heavy atom. The number of halogens is 2. The van der Waals surface area contributed by atoms with Crippen molar-refractivity contribution in [3.05, 3.63) is 104 Å². The summed E-state index contributed by atoms with van der Waals surface area (Å²) in [5, 5.41) is 27.6. The first-order valence-electron chi connectivity index (χ1n) is 19.7. The van der Waals surface area contributed by atoms with E-state index in [1.807, 2.05) is 0 Å². The van der Waals surface area contributed by atoms with Crippen molar-refractivity contribution in [2.75, 3.05) is 10.6 Å². The van der Waals surface area contributed by atoms with Crippen molar-refractivity contribution in [2.24, 2.45) is 14.0 Å². The number of nitriles is 2. The van der Waals surface area contributed by atoms with Crippen LogP contribution in [0.4, 0.5) is 20.2 Å². The summed E-state index contributed by atoms with van der Waals surface area (Å²) in [6.45, 7) is 5.00. The molecule has 0 spiro atoms. The number of nitrogens with one attached hydrogen (secondary N) is 4. The van der Waals surface area contributed by atoms with E-state index < -0.39 is 77.6 Å². The highest BCUT2D eigenvalue weighted by atomic mass is 19.1. The maximum Gasteiger partial charge on any atom is 0.294 e. The first kappa shape index (κ1) is 34.8. The Hall–Kier alpha value is -6.94. The van der Waals surface area contributed by atoms with Crippen LogP contribution in [0.2, 0.25) is 0 Å². The van der Waals surface area contributed by atoms with Gasteiger partial charge in [0.1, 0.15) is 23.8 Å². The van der Waals surface area contributed by atoms with Gasteiger partial charge in [0.05, 0.1) is 33.6 Å². The van der Waals surface area contributed by atoms with E-state index in [2.05, 4.69) is 21.3 Å². The molecule has 0 aliphatic heterocycles. The monoisotopic (exact) mass is 774 g/mol. The van der Waals surface area contributed by atoms with E-state index in [9.17, 15) is 37.5 Å². The second-order valence-electron chi connectivity index (χ2n) is 12.9. The van der Waals surface area contributed by atoms with E-state index in [0.29, 0.717) is 4.57 Å². The smallest absolute Gasteiger partial charge is 0.294 e. The number of anilines is 2. The van der Waals surface area contributed by atoms with Crippen molar-refractivity contribution in [2.45, 2.75) is 67.4 Å². The molecule has 4 aromatic rings. The van der Waals surface area contributed by atoms with Crippen LogP contribution >= 0.6 is 0 Å². The second-order valence-corrected chi connectivity index (χ2v) is 12.9. The number of Topliss-reactive ketones (excluding diaryl/α,β-unsaturated/α-hetero) is 2. The standard InChI is InChI=1S/2C20H21FN4O3/c2*1-10(2)23-20(28)18(26)17-11(3)16(12(4)25(17)5)19(27)24-14-6-7-15(21)13(8-14)9-22/h2*6-8,10H,1-5H3,(H,23,28)(H,24,27)/i5D3;3D3. The van der Waals surface area contributed by atoms with Crippen LogP contribution in [0.5, 0.6) is 0 Å². The van der Waals surface area contributed by atoms with Crippen molar-refractivity contribution in [1.29, 1.82) is 10.5 Å². The Kier molecular flexibility index (Phi) is 11.1. The molecule has 4 amide bonds. The Bertz CT molecular complexity index is 2550. The molecular weight excluding hydrogens is 726 g/mol. The SMILES string of the molecule is [2H]C([2H])([2H])c1c(C(=O)Nc2ccc(F)c(C#N)c2)c(C)n(C)c1C(=O)C(=O)NC(C)C.[2H]C([2H])([2H])n1c(C)c(C(=O)Nc2ccc(F)c(C#N)c2)c(C)c1C(=O)C(=O)NC(C)C. The van der Waals surface area contributed by atoms with Crippen LogP contribution in [0.1, 0.15) is 111 Å². The van der Waals surface area contributed by atoms with Gasteiger partial charge < -0.3 is 30.4 Å². The van der Waals surface area contributed by atoms with Crippen molar-refractivity contribution in [3.8, 4) is 12.1 Å². The number of hydrogen-bond donors (Lipinski definition) is 4. The number of benzene rings is 2. The minimum absolute atomic E-state index is 0.0117. The summed E-state index contributed by atoms with van der Waals surface area (Å²) in [5.74, 6) is -7.34. The molecule has 0 saturated heterocycles. The molecule has 0 aliphatic carbocycles. The minimum atomic E-state index is -2.89. The van der Waals surface area contributed by atoms with Gasteiger partial charge in [0.15, 0.2) is 0 Å². The van der Waals surface area contributed by atoms with Crippen LogP contribution in [0, 0.1) is 61.9 Å². The van der Waals surface area contributed by atoms with Crippen LogP contribution in [0.15, 0.2) is 36.4 Å². The normalized spacial score (nSPS) is 12.5. The zero-order valence-corrected chi connectivity index (χ0v) is 31.6. The van der Waals surface area contributed by atoms with Gasteiger partial charge in [0.2, 0.25) is 0 Å². The summed E-state index contributed by atoms with van der Waals surface area (Å²) in [5.41, 5.74) is -2.12. The molecule has 0 unspecified atom stereocenters. The van der Waals surface area contributed by atoms with Gasteiger partial charge in [-0.05, 0) is 103 Å². The van der Waals surface area contributed by atoms with E-state index in [1.165, 1.54) is 44.5 Å². The zero-order chi connectivity index (χ0) is 47.3. The molecule has 0 atom stereocenters. The number of hydrogen-bond acceptors (Lipinski definition) is 8. The molecule has 4 N–H and O–H groups in total. The quantitative estimate of drug-likeness (QED) is 0.124. The molecule has 56 heavy (non-hydrogen) atoms. The maximum absolute atomic E-state index is 13.5. The Labute approximate surface area is 330 Å². The van der Waals surface area contributed by atoms with Gasteiger partial charge in [-0.25, -0.2) is 8.78 Å². The predicted octanol–water partition coefficient (Wildman–Crippen LogP) is 5.22. The topological polar surface area (TPSA) is 208 Å². The third-order valence-electron chi connectivity index (χ3n) is 8.16. The highest BCUT2D eigenvalue weighted by molar-refractivity contribution is 6.43. The van der Waals surface area contributed by atoms with Crippen molar-refractivity contribution >= 4 is 46.6 Å². The minimum Gasteiger partial charge on any atom is -0.347 e. The predicted molar refractivity (Wildman–Crippen MR) is 203 cm³/mol. The maximum atomic E-state index is 13.5. The molecule has 2 aromatic carbocycles. The Balaban J connectivity index is 0.000000330. The Morgan fingerprint density at radius 1 is 0.679 bits per heavy atom. The number of ketones is 2. The van der Waals surface area contributed by atoms with E-state index >= 15 is 0 Å². The van der Waals surface area contributed by atoms with E-state index in [4.69, 9.17) is 18.7 Å². The second kappa shape index (κ2) is 17.9. The van der Waals surface area contributed by atoms with Crippen LogP contribution in [0.25, 0.3) is 0 Å². The average Bonchev–Trinajstić information content (AvgIpc) is 3.60. The average molecular weight is 775 g/mol. The summed E-state index contributed by atoms with van der Waals surface area (Å²) in [7, 11) is 1.38.